The molecule has 0 spiro atoms. The van der Waals surface area contributed by atoms with E-state index in [1.54, 1.807) is 28.8 Å². The third-order valence-corrected chi connectivity index (χ3v) is 5.91. The lowest BCUT2D eigenvalue weighted by atomic mass is 10.0. The van der Waals surface area contributed by atoms with Crippen molar-refractivity contribution in [3.05, 3.63) is 71.7 Å². The van der Waals surface area contributed by atoms with Gasteiger partial charge >= 0.3 is 0 Å². The van der Waals surface area contributed by atoms with Crippen LogP contribution in [0.2, 0.25) is 0 Å². The Labute approximate surface area is 210 Å². The van der Waals surface area contributed by atoms with Gasteiger partial charge in [0.25, 0.3) is 5.91 Å². The van der Waals surface area contributed by atoms with Gasteiger partial charge in [-0.3, -0.25) is 9.20 Å². The van der Waals surface area contributed by atoms with Crippen LogP contribution in [0.25, 0.3) is 16.9 Å². The third-order valence-electron chi connectivity index (χ3n) is 5.91. The Balaban J connectivity index is 1.66. The molecule has 4 aromatic rings. The van der Waals surface area contributed by atoms with Gasteiger partial charge in [-0.25, -0.2) is 14.4 Å². The molecule has 1 amide bonds. The zero-order chi connectivity index (χ0) is 26.7. The predicted molar refractivity (Wildman–Crippen MR) is 133 cm³/mol. The number of benzene rings is 2. The van der Waals surface area contributed by atoms with Crippen LogP contribution in [0.4, 0.5) is 20.3 Å². The van der Waals surface area contributed by atoms with Crippen LogP contribution in [0.3, 0.4) is 0 Å². The molecule has 0 aliphatic carbocycles. The molecule has 2 aromatic carbocycles. The van der Waals surface area contributed by atoms with Crippen molar-refractivity contribution in [3.8, 4) is 17.0 Å². The van der Waals surface area contributed by atoms with Gasteiger partial charge in [-0.1, -0.05) is 6.92 Å². The number of hydrogen-bond acceptors (Lipinski definition) is 8. The van der Waals surface area contributed by atoms with Crippen molar-refractivity contribution >= 4 is 23.1 Å². The van der Waals surface area contributed by atoms with Crippen LogP contribution in [-0.4, -0.2) is 56.5 Å². The molecule has 2 heterocycles. The van der Waals surface area contributed by atoms with Gasteiger partial charge in [-0.05, 0) is 42.3 Å². The third kappa shape index (κ3) is 4.94. The average Bonchev–Trinajstić information content (AvgIpc) is 3.35. The maximum Gasteiger partial charge on any atom is 0.253 e. The molecule has 0 fully saturated rings. The minimum absolute atomic E-state index is 0.00639. The molecule has 1 atom stereocenters. The number of aromatic nitrogens is 3. The highest BCUT2D eigenvalue weighted by Crippen LogP contribution is 2.31. The summed E-state index contributed by atoms with van der Waals surface area (Å²) >= 11 is 0. The first-order valence-electron chi connectivity index (χ1n) is 11.4. The molecule has 0 aliphatic heterocycles. The number of rotatable bonds is 9. The first-order chi connectivity index (χ1) is 17.7. The molecular weight excluding hydrogens is 486 g/mol. The number of methoxy groups -OCH3 is 1. The van der Waals surface area contributed by atoms with Crippen LogP contribution in [0.5, 0.6) is 5.75 Å². The first kappa shape index (κ1) is 25.9. The molecule has 0 aliphatic rings. The van der Waals surface area contributed by atoms with Crippen LogP contribution in [0, 0.1) is 11.6 Å². The second-order valence-corrected chi connectivity index (χ2v) is 8.25. The number of hydrogen-bond donors (Lipinski definition) is 5. The minimum atomic E-state index is -1.93. The fraction of sp³-hybridized carbons (Fsp3) is 0.240. The molecule has 0 saturated carbocycles. The standard InChI is InChI=1S/C25H26F2N6O4/c1-3-14-10-15(4-5-16(14)24(35)32-25(36,12-28)13-34)31-22-23-30-11-18(33(23)9-8-29-22)17-6-7-19(37-2)21(27)20(17)26/h4-11,34,36H,3,12-13,28H2,1-2H3,(H,29,31)(H,32,35). The van der Waals surface area contributed by atoms with Crippen molar-refractivity contribution in [1.82, 2.24) is 19.7 Å². The first-order valence-corrected chi connectivity index (χ1v) is 11.4. The van der Waals surface area contributed by atoms with Gasteiger partial charge in [0.2, 0.25) is 5.82 Å². The van der Waals surface area contributed by atoms with Gasteiger partial charge < -0.3 is 31.3 Å². The Kier molecular flexibility index (Phi) is 7.34. The van der Waals surface area contributed by atoms with Crippen LogP contribution in [0.1, 0.15) is 22.8 Å². The van der Waals surface area contributed by atoms with Gasteiger partial charge in [-0.2, -0.15) is 4.39 Å². The summed E-state index contributed by atoms with van der Waals surface area (Å²) < 4.78 is 35.4. The van der Waals surface area contributed by atoms with Crippen molar-refractivity contribution in [2.45, 2.75) is 19.1 Å². The molecule has 37 heavy (non-hydrogen) atoms. The lowest BCUT2D eigenvalue weighted by Crippen LogP contribution is -2.56. The van der Waals surface area contributed by atoms with Crippen molar-refractivity contribution in [1.29, 1.82) is 0 Å². The summed E-state index contributed by atoms with van der Waals surface area (Å²) in [5, 5.41) is 24.9. The van der Waals surface area contributed by atoms with Gasteiger partial charge in [-0.15, -0.1) is 0 Å². The number of nitrogens with zero attached hydrogens (tertiary/aromatic N) is 3. The van der Waals surface area contributed by atoms with E-state index in [1.807, 2.05) is 6.92 Å². The maximum absolute atomic E-state index is 14.7. The van der Waals surface area contributed by atoms with E-state index in [-0.39, 0.29) is 17.9 Å². The molecule has 0 radical (unpaired) electrons. The summed E-state index contributed by atoms with van der Waals surface area (Å²) in [4.78, 5) is 21.3. The molecular formula is C25H26F2N6O4. The molecule has 6 N–H and O–H groups in total. The van der Waals surface area contributed by atoms with E-state index in [9.17, 15) is 23.8 Å². The van der Waals surface area contributed by atoms with E-state index in [4.69, 9.17) is 10.5 Å². The van der Waals surface area contributed by atoms with Gasteiger partial charge in [0, 0.05) is 35.8 Å². The molecule has 4 rings (SSSR count). The SMILES string of the molecule is CCc1cc(Nc2nccn3c(-c4ccc(OC)c(F)c4F)cnc23)ccc1C(=O)NC(O)(CN)CO. The zero-order valence-electron chi connectivity index (χ0n) is 20.1. The lowest BCUT2D eigenvalue weighted by Gasteiger charge is -2.25. The number of nitrogens with two attached hydrogens (primary N) is 1. The smallest absolute Gasteiger partial charge is 0.253 e. The Morgan fingerprint density at radius 2 is 2.00 bits per heavy atom. The monoisotopic (exact) mass is 512 g/mol. The normalized spacial score (nSPS) is 12.8. The van der Waals surface area contributed by atoms with Crippen LogP contribution in [-0.2, 0) is 6.42 Å². The van der Waals surface area contributed by atoms with Gasteiger partial charge in [0.15, 0.2) is 28.8 Å². The van der Waals surface area contributed by atoms with E-state index in [1.165, 1.54) is 31.6 Å². The largest absolute Gasteiger partial charge is 0.494 e. The molecule has 2 aromatic heterocycles. The lowest BCUT2D eigenvalue weighted by molar-refractivity contribution is -0.0293. The van der Waals surface area contributed by atoms with E-state index in [0.717, 1.165) is 0 Å². The number of aryl methyl sites for hydroxylation is 1. The Bertz CT molecular complexity index is 1450. The number of imidazole rings is 1. The highest BCUT2D eigenvalue weighted by Gasteiger charge is 2.27. The minimum Gasteiger partial charge on any atom is -0.494 e. The fourth-order valence-corrected chi connectivity index (χ4v) is 3.85. The molecule has 10 nitrogen and oxygen atoms in total. The molecule has 12 heteroatoms. The number of anilines is 2. The second kappa shape index (κ2) is 10.5. The number of ether oxygens (including phenoxy) is 1. The summed E-state index contributed by atoms with van der Waals surface area (Å²) in [7, 11) is 1.26. The predicted octanol–water partition coefficient (Wildman–Crippen LogP) is 2.36. The van der Waals surface area contributed by atoms with Crippen LogP contribution >= 0.6 is 0 Å². The Morgan fingerprint density at radius 3 is 2.68 bits per heavy atom. The summed E-state index contributed by atoms with van der Waals surface area (Å²) in [5.41, 5.74) is 5.76. The van der Waals surface area contributed by atoms with Crippen molar-refractivity contribution in [2.24, 2.45) is 5.73 Å². The number of aliphatic hydroxyl groups excluding tert-OH is 1. The number of fused-ring (bicyclic) bond motifs is 1. The summed E-state index contributed by atoms with van der Waals surface area (Å²) in [6, 6.07) is 7.70. The average molecular weight is 513 g/mol. The summed E-state index contributed by atoms with van der Waals surface area (Å²) in [5.74, 6) is -2.59. The van der Waals surface area contributed by atoms with Crippen LogP contribution in [0.15, 0.2) is 48.9 Å². The van der Waals surface area contributed by atoms with E-state index >= 15 is 0 Å². The summed E-state index contributed by atoms with van der Waals surface area (Å²) in [6.45, 7) is 0.774. The quantitative estimate of drug-likeness (QED) is 0.215. The second-order valence-electron chi connectivity index (χ2n) is 8.25. The molecule has 0 saturated heterocycles. The highest BCUT2D eigenvalue weighted by molar-refractivity contribution is 5.96. The number of amides is 1. The van der Waals surface area contributed by atoms with E-state index in [2.05, 4.69) is 20.6 Å². The van der Waals surface area contributed by atoms with Crippen molar-refractivity contribution in [2.75, 3.05) is 25.6 Å². The maximum atomic E-state index is 14.7. The number of halogens is 2. The number of nitrogens with one attached hydrogen (secondary N) is 2. The van der Waals surface area contributed by atoms with Gasteiger partial charge in [0.05, 0.1) is 25.6 Å². The number of carbonyl (C=O) groups excluding carboxylic acids is 1. The zero-order valence-corrected chi connectivity index (χ0v) is 20.1. The Morgan fingerprint density at radius 1 is 1.22 bits per heavy atom. The molecule has 1 unspecified atom stereocenters. The molecule has 194 valence electrons. The van der Waals surface area contributed by atoms with E-state index in [0.29, 0.717) is 40.4 Å². The Hall–Kier alpha value is -4.13. The fourth-order valence-electron chi connectivity index (χ4n) is 3.85. The van der Waals surface area contributed by atoms with Crippen LogP contribution < -0.4 is 21.1 Å². The van der Waals surface area contributed by atoms with E-state index < -0.39 is 29.9 Å². The van der Waals surface area contributed by atoms with Crippen molar-refractivity contribution in [3.63, 3.8) is 0 Å². The topological polar surface area (TPSA) is 147 Å². The van der Waals surface area contributed by atoms with Crippen molar-refractivity contribution < 1.29 is 28.5 Å². The highest BCUT2D eigenvalue weighted by atomic mass is 19.2. The van der Waals surface area contributed by atoms with Gasteiger partial charge in [0.1, 0.15) is 0 Å². The number of carbonyl (C=O) groups is 1. The molecule has 0 bridgehead atoms. The number of aliphatic hydroxyl groups is 2. The summed E-state index contributed by atoms with van der Waals surface area (Å²) in [6.07, 6.45) is 4.97.